The van der Waals surface area contributed by atoms with E-state index in [1.807, 2.05) is 37.5 Å². The van der Waals surface area contributed by atoms with Gasteiger partial charge in [0.25, 0.3) is 0 Å². The molecular formula is C18H25N5S. The summed E-state index contributed by atoms with van der Waals surface area (Å²) < 4.78 is 2.07. The second-order valence-corrected chi connectivity index (χ2v) is 7.09. The fraction of sp³-hybridized carbons (Fsp3) is 0.444. The number of hydrogen-bond acceptors (Lipinski definition) is 3. The van der Waals surface area contributed by atoms with E-state index in [0.29, 0.717) is 0 Å². The summed E-state index contributed by atoms with van der Waals surface area (Å²) in [6, 6.07) is 10.7. The molecule has 0 spiro atoms. The first kappa shape index (κ1) is 16.9. The zero-order chi connectivity index (χ0) is 16.6. The molecule has 1 fully saturated rings. The Labute approximate surface area is 148 Å². The van der Waals surface area contributed by atoms with Gasteiger partial charge in [0, 0.05) is 56.3 Å². The van der Waals surface area contributed by atoms with Gasteiger partial charge < -0.3 is 14.8 Å². The Kier molecular flexibility index (Phi) is 6.18. The van der Waals surface area contributed by atoms with Gasteiger partial charge in [-0.3, -0.25) is 4.99 Å². The van der Waals surface area contributed by atoms with Gasteiger partial charge in [-0.05, 0) is 24.5 Å². The highest BCUT2D eigenvalue weighted by Crippen LogP contribution is 2.25. The van der Waals surface area contributed by atoms with Crippen LogP contribution < -0.4 is 5.32 Å². The van der Waals surface area contributed by atoms with Crippen molar-refractivity contribution in [1.29, 1.82) is 0 Å². The number of imidazole rings is 1. The summed E-state index contributed by atoms with van der Waals surface area (Å²) in [6.07, 6.45) is 6.88. The molecule has 1 aromatic carbocycles. The van der Waals surface area contributed by atoms with Gasteiger partial charge >= 0.3 is 0 Å². The molecule has 3 rings (SSSR count). The first-order chi connectivity index (χ1) is 11.8. The Hall–Kier alpha value is -1.95. The number of likely N-dealkylation sites (tertiary alicyclic amines) is 1. The molecule has 6 heteroatoms. The van der Waals surface area contributed by atoms with Crippen molar-refractivity contribution in [3.63, 3.8) is 0 Å². The van der Waals surface area contributed by atoms with Crippen LogP contribution in [0.5, 0.6) is 0 Å². The Morgan fingerprint density at radius 1 is 1.38 bits per heavy atom. The highest BCUT2D eigenvalue weighted by molar-refractivity contribution is 7.99. The topological polar surface area (TPSA) is 45.5 Å². The normalized spacial score (nSPS) is 18.1. The minimum Gasteiger partial charge on any atom is -0.354 e. The lowest BCUT2D eigenvalue weighted by molar-refractivity contribution is 0.471. The van der Waals surface area contributed by atoms with Crippen molar-refractivity contribution < 1.29 is 0 Å². The highest BCUT2D eigenvalue weighted by atomic mass is 32.2. The third kappa shape index (κ3) is 4.77. The van der Waals surface area contributed by atoms with Crippen LogP contribution in [0.3, 0.4) is 0 Å². The van der Waals surface area contributed by atoms with Gasteiger partial charge in [0.15, 0.2) is 5.96 Å². The summed E-state index contributed by atoms with van der Waals surface area (Å²) in [4.78, 5) is 12.2. The van der Waals surface area contributed by atoms with E-state index in [0.717, 1.165) is 38.1 Å². The molecule has 0 saturated carbocycles. The van der Waals surface area contributed by atoms with Gasteiger partial charge in [-0.2, -0.15) is 0 Å². The minimum atomic E-state index is 0.724. The summed E-state index contributed by atoms with van der Waals surface area (Å²) in [5.41, 5.74) is 0. The van der Waals surface area contributed by atoms with E-state index in [1.54, 1.807) is 0 Å². The summed E-state index contributed by atoms with van der Waals surface area (Å²) in [6.45, 7) is 3.94. The molecule has 128 valence electrons. The summed E-state index contributed by atoms with van der Waals surface area (Å²) in [5, 5.41) is 3.46. The number of rotatable bonds is 6. The molecule has 24 heavy (non-hydrogen) atoms. The predicted octanol–water partition coefficient (Wildman–Crippen LogP) is 2.57. The standard InChI is InChI=1S/C18H25N5S/c1-19-18(21-9-12-22-11-8-20-15-22)23-10-7-16(13-23)14-24-17-5-3-2-4-6-17/h2-6,8,11,15-16H,7,9-10,12-14H2,1H3,(H,19,21). The molecule has 2 heterocycles. The molecule has 0 amide bonds. The van der Waals surface area contributed by atoms with E-state index in [-0.39, 0.29) is 0 Å². The first-order valence-corrected chi connectivity index (χ1v) is 9.43. The molecule has 1 atom stereocenters. The largest absolute Gasteiger partial charge is 0.354 e. The Morgan fingerprint density at radius 2 is 2.25 bits per heavy atom. The number of hydrogen-bond donors (Lipinski definition) is 1. The molecule has 1 N–H and O–H groups in total. The predicted molar refractivity (Wildman–Crippen MR) is 100 cm³/mol. The van der Waals surface area contributed by atoms with Gasteiger partial charge in [0.2, 0.25) is 0 Å². The molecule has 1 aromatic heterocycles. The van der Waals surface area contributed by atoms with Crippen molar-refractivity contribution in [3.8, 4) is 0 Å². The molecule has 1 aliphatic heterocycles. The Balaban J connectivity index is 1.41. The van der Waals surface area contributed by atoms with Crippen molar-refractivity contribution in [2.45, 2.75) is 17.9 Å². The molecule has 0 aliphatic carbocycles. The van der Waals surface area contributed by atoms with E-state index in [2.05, 4.69) is 55.1 Å². The van der Waals surface area contributed by atoms with Gasteiger partial charge in [0.1, 0.15) is 0 Å². The Morgan fingerprint density at radius 3 is 3.00 bits per heavy atom. The number of guanidine groups is 1. The second-order valence-electron chi connectivity index (χ2n) is 6.00. The van der Waals surface area contributed by atoms with Gasteiger partial charge in [-0.1, -0.05) is 18.2 Å². The fourth-order valence-corrected chi connectivity index (χ4v) is 3.99. The molecule has 0 bridgehead atoms. The van der Waals surface area contributed by atoms with E-state index in [1.165, 1.54) is 17.1 Å². The van der Waals surface area contributed by atoms with Crippen molar-refractivity contribution >= 4 is 17.7 Å². The lowest BCUT2D eigenvalue weighted by atomic mass is 10.2. The SMILES string of the molecule is CN=C(NCCn1ccnc1)N1CCC(CSc2ccccc2)C1. The van der Waals surface area contributed by atoms with E-state index in [4.69, 9.17) is 0 Å². The minimum absolute atomic E-state index is 0.724. The first-order valence-electron chi connectivity index (χ1n) is 8.44. The van der Waals surface area contributed by atoms with Crippen molar-refractivity contribution in [2.24, 2.45) is 10.9 Å². The molecule has 2 aromatic rings. The van der Waals surface area contributed by atoms with Crippen LogP contribution in [0.15, 0.2) is 58.9 Å². The average Bonchev–Trinajstić information content (AvgIpc) is 3.30. The van der Waals surface area contributed by atoms with Crippen molar-refractivity contribution in [3.05, 3.63) is 49.1 Å². The number of aromatic nitrogens is 2. The molecule has 1 saturated heterocycles. The maximum Gasteiger partial charge on any atom is 0.193 e. The van der Waals surface area contributed by atoms with Crippen molar-refractivity contribution in [1.82, 2.24) is 19.8 Å². The zero-order valence-corrected chi connectivity index (χ0v) is 15.0. The number of nitrogens with one attached hydrogen (secondary N) is 1. The van der Waals surface area contributed by atoms with Crippen LogP contribution in [0.1, 0.15) is 6.42 Å². The van der Waals surface area contributed by atoms with Crippen LogP contribution >= 0.6 is 11.8 Å². The fourth-order valence-electron chi connectivity index (χ4n) is 2.94. The quantitative estimate of drug-likeness (QED) is 0.497. The smallest absolute Gasteiger partial charge is 0.193 e. The van der Waals surface area contributed by atoms with Crippen LogP contribution in [0.4, 0.5) is 0 Å². The van der Waals surface area contributed by atoms with Gasteiger partial charge in [-0.25, -0.2) is 4.98 Å². The van der Waals surface area contributed by atoms with Crippen LogP contribution in [-0.2, 0) is 6.54 Å². The molecule has 1 unspecified atom stereocenters. The van der Waals surface area contributed by atoms with Crippen molar-refractivity contribution in [2.75, 3.05) is 32.4 Å². The number of thioether (sulfide) groups is 1. The summed E-state index contributed by atoms with van der Waals surface area (Å²) in [5.74, 6) is 2.91. The monoisotopic (exact) mass is 343 g/mol. The van der Waals surface area contributed by atoms with Crippen LogP contribution in [-0.4, -0.2) is 52.8 Å². The van der Waals surface area contributed by atoms with E-state index in [9.17, 15) is 0 Å². The summed E-state index contributed by atoms with van der Waals surface area (Å²) >= 11 is 1.96. The molecule has 5 nitrogen and oxygen atoms in total. The van der Waals surface area contributed by atoms with Gasteiger partial charge in [0.05, 0.1) is 6.33 Å². The number of benzene rings is 1. The van der Waals surface area contributed by atoms with Crippen LogP contribution in [0, 0.1) is 5.92 Å². The van der Waals surface area contributed by atoms with E-state index < -0.39 is 0 Å². The van der Waals surface area contributed by atoms with E-state index >= 15 is 0 Å². The molecular weight excluding hydrogens is 318 g/mol. The maximum absolute atomic E-state index is 4.44. The second kappa shape index (κ2) is 8.78. The lowest BCUT2D eigenvalue weighted by Crippen LogP contribution is -2.41. The van der Waals surface area contributed by atoms with Crippen LogP contribution in [0.25, 0.3) is 0 Å². The third-order valence-corrected chi connectivity index (χ3v) is 5.48. The molecule has 1 aliphatic rings. The Bertz CT molecular complexity index is 626. The number of nitrogens with zero attached hydrogens (tertiary/aromatic N) is 4. The third-order valence-electron chi connectivity index (χ3n) is 4.24. The molecule has 0 radical (unpaired) electrons. The highest BCUT2D eigenvalue weighted by Gasteiger charge is 2.24. The lowest BCUT2D eigenvalue weighted by Gasteiger charge is -2.21. The van der Waals surface area contributed by atoms with Crippen LogP contribution in [0.2, 0.25) is 0 Å². The average molecular weight is 344 g/mol. The zero-order valence-electron chi connectivity index (χ0n) is 14.1. The van der Waals surface area contributed by atoms with Gasteiger partial charge in [-0.15, -0.1) is 11.8 Å². The number of aliphatic imine (C=N–C) groups is 1. The maximum atomic E-state index is 4.44. The summed E-state index contributed by atoms with van der Waals surface area (Å²) in [7, 11) is 1.87.